The first kappa shape index (κ1) is 13.5. The lowest BCUT2D eigenvalue weighted by Gasteiger charge is -2.13. The average Bonchev–Trinajstić information content (AvgIpc) is 2.90. The van der Waals surface area contributed by atoms with E-state index >= 15 is 0 Å². The molecule has 0 saturated carbocycles. The van der Waals surface area contributed by atoms with Crippen LogP contribution in [-0.2, 0) is 6.54 Å². The van der Waals surface area contributed by atoms with Gasteiger partial charge in [-0.05, 0) is 6.07 Å². The Kier molecular flexibility index (Phi) is 3.50. The number of nitriles is 1. The van der Waals surface area contributed by atoms with E-state index in [9.17, 15) is 4.79 Å². The molecule has 1 aliphatic rings. The highest BCUT2D eigenvalue weighted by atomic mass is 16.7. The van der Waals surface area contributed by atoms with E-state index in [1.807, 2.05) is 13.1 Å². The lowest BCUT2D eigenvalue weighted by molar-refractivity contribution is -0.893. The number of rotatable bonds is 4. The SMILES string of the molecule is C[NH+](CCC#N)Cc1cc(=O)oc2cc3c(cc12)OCO3. The number of nitrogens with one attached hydrogen (secondary N) is 1. The predicted octanol–water partition coefficient (Wildman–Crippen LogP) is 0.450. The third kappa shape index (κ3) is 2.69. The minimum absolute atomic E-state index is 0.179. The predicted molar refractivity (Wildman–Crippen MR) is 74.3 cm³/mol. The van der Waals surface area contributed by atoms with Gasteiger partial charge in [0.05, 0.1) is 26.1 Å². The first-order valence-corrected chi connectivity index (χ1v) is 6.72. The Morgan fingerprint density at radius 2 is 2.05 bits per heavy atom. The maximum Gasteiger partial charge on any atom is 0.336 e. The van der Waals surface area contributed by atoms with Gasteiger partial charge >= 0.3 is 5.63 Å². The van der Waals surface area contributed by atoms with Gasteiger partial charge < -0.3 is 18.8 Å². The second-order valence-electron chi connectivity index (χ2n) is 5.08. The van der Waals surface area contributed by atoms with Crippen LogP contribution in [0.2, 0.25) is 0 Å². The fourth-order valence-corrected chi connectivity index (χ4v) is 2.45. The molecule has 108 valence electrons. The molecule has 21 heavy (non-hydrogen) atoms. The Bertz CT molecular complexity index is 776. The molecule has 6 heteroatoms. The van der Waals surface area contributed by atoms with Gasteiger partial charge in [-0.2, -0.15) is 5.26 Å². The molecule has 2 heterocycles. The van der Waals surface area contributed by atoms with Gasteiger partial charge in [-0.1, -0.05) is 0 Å². The average molecular weight is 287 g/mol. The van der Waals surface area contributed by atoms with E-state index in [2.05, 4.69) is 6.07 Å². The van der Waals surface area contributed by atoms with Gasteiger partial charge in [0.25, 0.3) is 0 Å². The van der Waals surface area contributed by atoms with E-state index < -0.39 is 0 Å². The van der Waals surface area contributed by atoms with E-state index in [0.717, 1.165) is 22.4 Å². The molecule has 0 bridgehead atoms. The molecule has 0 spiro atoms. The Balaban J connectivity index is 2.01. The first-order valence-electron chi connectivity index (χ1n) is 6.72. The summed E-state index contributed by atoms with van der Waals surface area (Å²) in [5, 5.41) is 9.49. The van der Waals surface area contributed by atoms with E-state index in [-0.39, 0.29) is 12.4 Å². The summed E-state index contributed by atoms with van der Waals surface area (Å²) in [7, 11) is 1.99. The second kappa shape index (κ2) is 5.46. The van der Waals surface area contributed by atoms with Gasteiger partial charge in [0.1, 0.15) is 12.1 Å². The number of benzene rings is 1. The van der Waals surface area contributed by atoms with Crippen LogP contribution in [0.1, 0.15) is 12.0 Å². The van der Waals surface area contributed by atoms with Gasteiger partial charge in [-0.3, -0.25) is 0 Å². The molecule has 0 saturated heterocycles. The van der Waals surface area contributed by atoms with Crippen molar-refractivity contribution in [2.24, 2.45) is 0 Å². The molecule has 0 amide bonds. The molecule has 2 aromatic rings. The molecule has 1 atom stereocenters. The van der Waals surface area contributed by atoms with Crippen molar-refractivity contribution in [3.63, 3.8) is 0 Å². The smallest absolute Gasteiger partial charge is 0.336 e. The van der Waals surface area contributed by atoms with Crippen LogP contribution in [0.5, 0.6) is 11.5 Å². The molecule has 0 fully saturated rings. The van der Waals surface area contributed by atoms with Gasteiger partial charge in [-0.25, -0.2) is 4.79 Å². The Hall–Kier alpha value is -2.52. The van der Waals surface area contributed by atoms with Crippen molar-refractivity contribution in [3.05, 3.63) is 34.2 Å². The van der Waals surface area contributed by atoms with Gasteiger partial charge in [-0.15, -0.1) is 0 Å². The molecule has 1 aromatic carbocycles. The summed E-state index contributed by atoms with van der Waals surface area (Å²) in [5.41, 5.74) is 0.995. The molecule has 6 nitrogen and oxygen atoms in total. The standard InChI is InChI=1S/C15H14N2O4/c1-17(4-2-3-16)8-10-5-15(18)21-12-7-14-13(6-11(10)12)19-9-20-14/h5-7H,2,4,8-9H2,1H3/p+1. The zero-order valence-electron chi connectivity index (χ0n) is 11.6. The van der Waals surface area contributed by atoms with Crippen molar-refractivity contribution in [1.29, 1.82) is 5.26 Å². The topological polar surface area (TPSA) is 76.9 Å². The normalized spacial score (nSPS) is 14.1. The molecular weight excluding hydrogens is 272 g/mol. The summed E-state index contributed by atoms with van der Waals surface area (Å²) in [6, 6.07) is 7.16. The Morgan fingerprint density at radius 3 is 2.81 bits per heavy atom. The molecule has 0 aliphatic carbocycles. The van der Waals surface area contributed by atoms with Crippen LogP contribution in [0.4, 0.5) is 0 Å². The molecule has 3 rings (SSSR count). The largest absolute Gasteiger partial charge is 0.454 e. The van der Waals surface area contributed by atoms with Crippen LogP contribution in [-0.4, -0.2) is 20.4 Å². The summed E-state index contributed by atoms with van der Waals surface area (Å²) in [6.45, 7) is 1.55. The third-order valence-electron chi connectivity index (χ3n) is 3.48. The summed E-state index contributed by atoms with van der Waals surface area (Å²) < 4.78 is 15.9. The van der Waals surface area contributed by atoms with Gasteiger partial charge in [0.15, 0.2) is 11.5 Å². The van der Waals surface area contributed by atoms with Crippen LogP contribution in [0.25, 0.3) is 11.0 Å². The summed E-state index contributed by atoms with van der Waals surface area (Å²) >= 11 is 0. The molecular formula is C15H15N2O4+. The number of hydrogen-bond acceptors (Lipinski definition) is 5. The maximum atomic E-state index is 11.7. The van der Waals surface area contributed by atoms with Crippen molar-refractivity contribution in [3.8, 4) is 17.6 Å². The monoisotopic (exact) mass is 287 g/mol. The number of hydrogen-bond donors (Lipinski definition) is 1. The fraction of sp³-hybridized carbons (Fsp3) is 0.333. The molecule has 1 aliphatic heterocycles. The van der Waals surface area contributed by atoms with Crippen LogP contribution in [0, 0.1) is 11.3 Å². The summed E-state index contributed by atoms with van der Waals surface area (Å²) in [6.07, 6.45) is 0.484. The van der Waals surface area contributed by atoms with Gasteiger partial charge in [0, 0.05) is 23.1 Å². The van der Waals surface area contributed by atoms with Crippen molar-refractivity contribution >= 4 is 11.0 Å². The van der Waals surface area contributed by atoms with E-state index in [0.29, 0.717) is 30.0 Å². The van der Waals surface area contributed by atoms with Crippen LogP contribution < -0.4 is 20.0 Å². The van der Waals surface area contributed by atoms with E-state index in [1.165, 1.54) is 6.07 Å². The number of nitrogens with zero attached hydrogens (tertiary/aromatic N) is 1. The maximum absolute atomic E-state index is 11.7. The number of quaternary nitrogens is 1. The lowest BCUT2D eigenvalue weighted by atomic mass is 10.1. The minimum atomic E-state index is -0.385. The van der Waals surface area contributed by atoms with Crippen LogP contribution in [0.15, 0.2) is 27.4 Å². The Morgan fingerprint density at radius 1 is 1.29 bits per heavy atom. The Labute approximate surface area is 121 Å². The highest BCUT2D eigenvalue weighted by Crippen LogP contribution is 2.36. The van der Waals surface area contributed by atoms with Crippen LogP contribution >= 0.6 is 0 Å². The quantitative estimate of drug-likeness (QED) is 0.826. The first-order chi connectivity index (χ1) is 10.2. The second-order valence-corrected chi connectivity index (χ2v) is 5.08. The summed E-state index contributed by atoms with van der Waals surface area (Å²) in [5.74, 6) is 1.25. The molecule has 1 N–H and O–H groups in total. The highest BCUT2D eigenvalue weighted by molar-refractivity contribution is 5.84. The molecule has 0 radical (unpaired) electrons. The van der Waals surface area contributed by atoms with Crippen molar-refractivity contribution in [2.75, 3.05) is 20.4 Å². The molecule has 1 aromatic heterocycles. The molecule has 1 unspecified atom stereocenters. The van der Waals surface area contributed by atoms with Crippen molar-refractivity contribution in [1.82, 2.24) is 0 Å². The minimum Gasteiger partial charge on any atom is -0.454 e. The van der Waals surface area contributed by atoms with Crippen molar-refractivity contribution < 1.29 is 18.8 Å². The van der Waals surface area contributed by atoms with E-state index in [4.69, 9.17) is 19.2 Å². The summed E-state index contributed by atoms with van der Waals surface area (Å²) in [4.78, 5) is 12.9. The highest BCUT2D eigenvalue weighted by Gasteiger charge is 2.18. The zero-order chi connectivity index (χ0) is 14.8. The number of ether oxygens (including phenoxy) is 2. The lowest BCUT2D eigenvalue weighted by Crippen LogP contribution is -3.07. The van der Waals surface area contributed by atoms with Gasteiger partial charge in [0.2, 0.25) is 6.79 Å². The fourth-order valence-electron chi connectivity index (χ4n) is 2.45. The zero-order valence-corrected chi connectivity index (χ0v) is 11.6. The van der Waals surface area contributed by atoms with Crippen molar-refractivity contribution in [2.45, 2.75) is 13.0 Å². The third-order valence-corrected chi connectivity index (χ3v) is 3.48. The van der Waals surface area contributed by atoms with E-state index in [1.54, 1.807) is 6.07 Å². The number of fused-ring (bicyclic) bond motifs is 2. The van der Waals surface area contributed by atoms with Crippen LogP contribution in [0.3, 0.4) is 0 Å².